The van der Waals surface area contributed by atoms with Crippen LogP contribution in [-0.4, -0.2) is 48.6 Å². The Kier molecular flexibility index (Phi) is 4.13. The standard InChI is InChI=1S/C14H19N3O4/c1-14(6-7-21-9-14)15-11-8-10(13(18)16(2)3)4-5-12(11)17(19)20/h4-5,8,15H,6-7,9H2,1-3H3. The van der Waals surface area contributed by atoms with E-state index in [-0.39, 0.29) is 17.1 Å². The summed E-state index contributed by atoms with van der Waals surface area (Å²) in [6.07, 6.45) is 0.760. The molecule has 1 heterocycles. The Labute approximate surface area is 123 Å². The molecule has 1 aromatic carbocycles. The van der Waals surface area contributed by atoms with E-state index in [2.05, 4.69) is 5.32 Å². The molecule has 1 amide bonds. The fraction of sp³-hybridized carbons (Fsp3) is 0.500. The Bertz CT molecular complexity index is 565. The molecule has 0 aliphatic carbocycles. The minimum Gasteiger partial charge on any atom is -0.379 e. The molecule has 1 N–H and O–H groups in total. The van der Waals surface area contributed by atoms with Crippen LogP contribution in [0.1, 0.15) is 23.7 Å². The van der Waals surface area contributed by atoms with E-state index in [0.29, 0.717) is 24.5 Å². The lowest BCUT2D eigenvalue weighted by Gasteiger charge is -2.25. The van der Waals surface area contributed by atoms with Gasteiger partial charge in [0.25, 0.3) is 11.6 Å². The molecule has 7 nitrogen and oxygen atoms in total. The summed E-state index contributed by atoms with van der Waals surface area (Å²) in [6, 6.07) is 4.36. The quantitative estimate of drug-likeness (QED) is 0.677. The smallest absolute Gasteiger partial charge is 0.292 e. The van der Waals surface area contributed by atoms with Gasteiger partial charge in [-0.25, -0.2) is 0 Å². The summed E-state index contributed by atoms with van der Waals surface area (Å²) in [5.74, 6) is -0.194. The summed E-state index contributed by atoms with van der Waals surface area (Å²) in [7, 11) is 3.28. The third-order valence-electron chi connectivity index (χ3n) is 3.50. The first-order valence-electron chi connectivity index (χ1n) is 6.68. The largest absolute Gasteiger partial charge is 0.379 e. The summed E-state index contributed by atoms with van der Waals surface area (Å²) in [5, 5.41) is 14.3. The number of hydrogen-bond acceptors (Lipinski definition) is 5. The Balaban J connectivity index is 2.37. The van der Waals surface area contributed by atoms with E-state index in [0.717, 1.165) is 6.42 Å². The van der Waals surface area contributed by atoms with Gasteiger partial charge in [0.2, 0.25) is 0 Å². The van der Waals surface area contributed by atoms with Crippen LogP contribution in [0.25, 0.3) is 0 Å². The van der Waals surface area contributed by atoms with Crippen molar-refractivity contribution in [3.63, 3.8) is 0 Å². The minimum absolute atomic E-state index is 0.0431. The van der Waals surface area contributed by atoms with E-state index in [1.54, 1.807) is 14.1 Å². The highest BCUT2D eigenvalue weighted by molar-refractivity contribution is 5.95. The average molecular weight is 293 g/mol. The van der Waals surface area contributed by atoms with E-state index >= 15 is 0 Å². The third-order valence-corrected chi connectivity index (χ3v) is 3.50. The third kappa shape index (κ3) is 3.30. The molecule has 1 atom stereocenters. The van der Waals surface area contributed by atoms with Crippen molar-refractivity contribution < 1.29 is 14.5 Å². The van der Waals surface area contributed by atoms with Crippen molar-refractivity contribution in [2.24, 2.45) is 0 Å². The van der Waals surface area contributed by atoms with Gasteiger partial charge in [-0.3, -0.25) is 14.9 Å². The Morgan fingerprint density at radius 3 is 2.71 bits per heavy atom. The van der Waals surface area contributed by atoms with Crippen LogP contribution < -0.4 is 5.32 Å². The van der Waals surface area contributed by atoms with E-state index in [4.69, 9.17) is 4.74 Å². The number of carbonyl (C=O) groups excluding carboxylic acids is 1. The van der Waals surface area contributed by atoms with Gasteiger partial charge in [-0.05, 0) is 25.5 Å². The molecule has 1 saturated heterocycles. The van der Waals surface area contributed by atoms with Crippen molar-refractivity contribution in [1.29, 1.82) is 0 Å². The fourth-order valence-electron chi connectivity index (χ4n) is 2.28. The van der Waals surface area contributed by atoms with Crippen molar-refractivity contribution in [2.45, 2.75) is 18.9 Å². The van der Waals surface area contributed by atoms with Crippen molar-refractivity contribution in [1.82, 2.24) is 4.90 Å². The lowest BCUT2D eigenvalue weighted by Crippen LogP contribution is -2.35. The molecular formula is C14H19N3O4. The number of nitro benzene ring substituents is 1. The maximum atomic E-state index is 12.0. The molecule has 1 aliphatic heterocycles. The molecule has 0 aromatic heterocycles. The number of anilines is 1. The number of ether oxygens (including phenoxy) is 1. The lowest BCUT2D eigenvalue weighted by atomic mass is 10.0. The first-order valence-corrected chi connectivity index (χ1v) is 6.68. The van der Waals surface area contributed by atoms with Gasteiger partial charge in [0.15, 0.2) is 0 Å². The predicted octanol–water partition coefficient (Wildman–Crippen LogP) is 1.89. The van der Waals surface area contributed by atoms with Gasteiger partial charge in [0.1, 0.15) is 5.69 Å². The maximum absolute atomic E-state index is 12.0. The molecule has 1 fully saturated rings. The zero-order chi connectivity index (χ0) is 15.6. The van der Waals surface area contributed by atoms with Crippen LogP contribution in [0.4, 0.5) is 11.4 Å². The first-order chi connectivity index (χ1) is 9.82. The average Bonchev–Trinajstić information content (AvgIpc) is 2.83. The number of hydrogen-bond donors (Lipinski definition) is 1. The van der Waals surface area contributed by atoms with Gasteiger partial charge in [-0.2, -0.15) is 0 Å². The molecule has 1 aromatic rings. The molecule has 21 heavy (non-hydrogen) atoms. The van der Waals surface area contributed by atoms with Crippen LogP contribution in [0.5, 0.6) is 0 Å². The van der Waals surface area contributed by atoms with Gasteiger partial charge in [0.05, 0.1) is 17.1 Å². The summed E-state index contributed by atoms with van der Waals surface area (Å²) in [6.45, 7) is 3.05. The highest BCUT2D eigenvalue weighted by atomic mass is 16.6. The van der Waals surface area contributed by atoms with Gasteiger partial charge < -0.3 is 15.0 Å². The number of nitrogens with zero attached hydrogens (tertiary/aromatic N) is 2. The monoisotopic (exact) mass is 293 g/mol. The predicted molar refractivity (Wildman–Crippen MR) is 78.6 cm³/mol. The van der Waals surface area contributed by atoms with Crippen LogP contribution in [0.2, 0.25) is 0 Å². The molecule has 7 heteroatoms. The zero-order valence-electron chi connectivity index (χ0n) is 12.4. The number of nitrogens with one attached hydrogen (secondary N) is 1. The molecule has 0 radical (unpaired) electrons. The minimum atomic E-state index is -0.453. The van der Waals surface area contributed by atoms with E-state index in [1.807, 2.05) is 6.92 Å². The van der Waals surface area contributed by atoms with Crippen LogP contribution in [-0.2, 0) is 4.74 Å². The second-order valence-corrected chi connectivity index (χ2v) is 5.68. The van der Waals surface area contributed by atoms with E-state index in [1.165, 1.54) is 23.1 Å². The van der Waals surface area contributed by atoms with Gasteiger partial charge in [-0.15, -0.1) is 0 Å². The van der Waals surface area contributed by atoms with Crippen molar-refractivity contribution in [3.05, 3.63) is 33.9 Å². The molecular weight excluding hydrogens is 274 g/mol. The molecule has 0 bridgehead atoms. The number of benzene rings is 1. The Morgan fingerprint density at radius 2 is 2.19 bits per heavy atom. The second kappa shape index (κ2) is 5.69. The number of amides is 1. The summed E-state index contributed by atoms with van der Waals surface area (Å²) in [5.41, 5.74) is 0.361. The van der Waals surface area contributed by atoms with E-state index in [9.17, 15) is 14.9 Å². The number of rotatable bonds is 4. The van der Waals surface area contributed by atoms with Gasteiger partial charge >= 0.3 is 0 Å². The second-order valence-electron chi connectivity index (χ2n) is 5.68. The molecule has 114 valence electrons. The molecule has 0 spiro atoms. The SMILES string of the molecule is CN(C)C(=O)c1ccc([N+](=O)[O-])c(NC2(C)CCOC2)c1. The highest BCUT2D eigenvalue weighted by Gasteiger charge is 2.32. The van der Waals surface area contributed by atoms with E-state index < -0.39 is 4.92 Å². The van der Waals surface area contributed by atoms with Crippen molar-refractivity contribution in [2.75, 3.05) is 32.6 Å². The summed E-state index contributed by atoms with van der Waals surface area (Å²) in [4.78, 5) is 24.1. The maximum Gasteiger partial charge on any atom is 0.292 e. The Morgan fingerprint density at radius 1 is 1.48 bits per heavy atom. The summed E-state index contributed by atoms with van der Waals surface area (Å²) < 4.78 is 5.34. The molecule has 1 aliphatic rings. The molecule has 1 unspecified atom stereocenters. The van der Waals surface area contributed by atoms with Crippen LogP contribution >= 0.6 is 0 Å². The zero-order valence-corrected chi connectivity index (χ0v) is 12.4. The van der Waals surface area contributed by atoms with Crippen molar-refractivity contribution >= 4 is 17.3 Å². The fourth-order valence-corrected chi connectivity index (χ4v) is 2.28. The first kappa shape index (κ1) is 15.2. The lowest BCUT2D eigenvalue weighted by molar-refractivity contribution is -0.384. The highest BCUT2D eigenvalue weighted by Crippen LogP contribution is 2.31. The normalized spacial score (nSPS) is 21.1. The van der Waals surface area contributed by atoms with Crippen LogP contribution in [0, 0.1) is 10.1 Å². The molecule has 2 rings (SSSR count). The molecule has 0 saturated carbocycles. The number of nitro groups is 1. The van der Waals surface area contributed by atoms with Gasteiger partial charge in [-0.1, -0.05) is 0 Å². The van der Waals surface area contributed by atoms with Crippen LogP contribution in [0.15, 0.2) is 18.2 Å². The van der Waals surface area contributed by atoms with Gasteiger partial charge in [0, 0.05) is 32.3 Å². The van der Waals surface area contributed by atoms with Crippen LogP contribution in [0.3, 0.4) is 0 Å². The summed E-state index contributed by atoms with van der Waals surface area (Å²) >= 11 is 0. The van der Waals surface area contributed by atoms with Crippen molar-refractivity contribution in [3.8, 4) is 0 Å². The number of carbonyl (C=O) groups is 1. The Hall–Kier alpha value is -2.15. The topological polar surface area (TPSA) is 84.7 Å².